The third kappa shape index (κ3) is 2.85. The minimum Gasteiger partial charge on any atom is -0.253 e. The molecule has 0 aliphatic rings. The van der Waals surface area contributed by atoms with E-state index in [0.29, 0.717) is 5.13 Å². The number of aromatic nitrogens is 2. The van der Waals surface area contributed by atoms with Crippen LogP contribution in [0.5, 0.6) is 0 Å². The van der Waals surface area contributed by atoms with E-state index in [2.05, 4.69) is 14.9 Å². The Labute approximate surface area is 110 Å². The highest BCUT2D eigenvalue weighted by molar-refractivity contribution is 7.93. The van der Waals surface area contributed by atoms with Gasteiger partial charge in [-0.1, -0.05) is 30.4 Å². The van der Waals surface area contributed by atoms with E-state index in [4.69, 9.17) is 0 Å². The lowest BCUT2D eigenvalue weighted by molar-refractivity contribution is 0.601. The zero-order chi connectivity index (χ0) is 13.2. The van der Waals surface area contributed by atoms with E-state index in [1.165, 1.54) is 11.3 Å². The van der Waals surface area contributed by atoms with Crippen molar-refractivity contribution in [3.8, 4) is 0 Å². The van der Waals surface area contributed by atoms with Gasteiger partial charge in [0.15, 0.2) is 0 Å². The fourth-order valence-corrected chi connectivity index (χ4v) is 3.41. The van der Waals surface area contributed by atoms with Crippen molar-refractivity contribution in [2.45, 2.75) is 25.2 Å². The van der Waals surface area contributed by atoms with Crippen LogP contribution in [-0.4, -0.2) is 18.6 Å². The Bertz CT molecular complexity index is 650. The van der Waals surface area contributed by atoms with Gasteiger partial charge in [0.1, 0.15) is 5.01 Å². The molecule has 0 aliphatic heterocycles. The molecule has 1 aromatic heterocycles. The molecule has 0 saturated carbocycles. The minimum absolute atomic E-state index is 0.232. The van der Waals surface area contributed by atoms with Crippen LogP contribution in [0.4, 0.5) is 5.13 Å². The number of hydrogen-bond donors (Lipinski definition) is 1. The van der Waals surface area contributed by atoms with E-state index in [1.54, 1.807) is 18.2 Å². The average molecular weight is 283 g/mol. The molecular weight excluding hydrogens is 270 g/mol. The smallest absolute Gasteiger partial charge is 0.253 e. The molecule has 0 radical (unpaired) electrons. The number of benzene rings is 1. The molecule has 2 aromatic rings. The maximum atomic E-state index is 12.1. The van der Waals surface area contributed by atoms with Crippen molar-refractivity contribution in [2.24, 2.45) is 0 Å². The average Bonchev–Trinajstić information content (AvgIpc) is 2.76. The van der Waals surface area contributed by atoms with Crippen LogP contribution in [0, 0.1) is 6.92 Å². The zero-order valence-electron chi connectivity index (χ0n) is 10.0. The van der Waals surface area contributed by atoms with Crippen molar-refractivity contribution in [2.75, 3.05) is 4.72 Å². The van der Waals surface area contributed by atoms with Crippen LogP contribution in [0.1, 0.15) is 17.5 Å². The van der Waals surface area contributed by atoms with Gasteiger partial charge in [0.25, 0.3) is 10.0 Å². The number of rotatable bonds is 4. The molecule has 1 aromatic carbocycles. The molecule has 0 atom stereocenters. The zero-order valence-corrected chi connectivity index (χ0v) is 11.7. The van der Waals surface area contributed by atoms with Crippen molar-refractivity contribution in [3.05, 3.63) is 34.8 Å². The van der Waals surface area contributed by atoms with Crippen molar-refractivity contribution in [3.63, 3.8) is 0 Å². The van der Waals surface area contributed by atoms with E-state index in [9.17, 15) is 8.42 Å². The minimum atomic E-state index is -3.57. The lowest BCUT2D eigenvalue weighted by atomic mass is 10.2. The summed E-state index contributed by atoms with van der Waals surface area (Å²) in [6, 6.07) is 6.72. The molecule has 18 heavy (non-hydrogen) atoms. The van der Waals surface area contributed by atoms with E-state index >= 15 is 0 Å². The summed E-state index contributed by atoms with van der Waals surface area (Å²) in [7, 11) is -3.57. The van der Waals surface area contributed by atoms with Gasteiger partial charge in [-0.3, -0.25) is 4.72 Å². The molecule has 2 rings (SSSR count). The van der Waals surface area contributed by atoms with Crippen molar-refractivity contribution >= 4 is 26.5 Å². The van der Waals surface area contributed by atoms with Crippen LogP contribution in [-0.2, 0) is 16.4 Å². The van der Waals surface area contributed by atoms with Crippen LogP contribution in [0.25, 0.3) is 0 Å². The van der Waals surface area contributed by atoms with Gasteiger partial charge in [-0.25, -0.2) is 8.42 Å². The molecule has 1 N–H and O–H groups in total. The number of anilines is 1. The summed E-state index contributed by atoms with van der Waals surface area (Å²) >= 11 is 1.25. The second kappa shape index (κ2) is 5.03. The van der Waals surface area contributed by atoms with E-state index in [1.807, 2.05) is 19.9 Å². The Hall–Kier alpha value is -1.47. The maximum absolute atomic E-state index is 12.1. The normalized spacial score (nSPS) is 11.4. The van der Waals surface area contributed by atoms with Crippen LogP contribution >= 0.6 is 11.3 Å². The van der Waals surface area contributed by atoms with E-state index in [0.717, 1.165) is 17.0 Å². The molecule has 7 heteroatoms. The van der Waals surface area contributed by atoms with Gasteiger partial charge in [-0.15, -0.1) is 10.2 Å². The molecule has 0 fully saturated rings. The first-order valence-electron chi connectivity index (χ1n) is 5.43. The summed E-state index contributed by atoms with van der Waals surface area (Å²) in [6.45, 7) is 3.79. The summed E-state index contributed by atoms with van der Waals surface area (Å²) in [5.41, 5.74) is 0.893. The highest BCUT2D eigenvalue weighted by Crippen LogP contribution is 2.20. The van der Waals surface area contributed by atoms with Crippen molar-refractivity contribution in [1.82, 2.24) is 10.2 Å². The summed E-state index contributed by atoms with van der Waals surface area (Å²) < 4.78 is 26.6. The van der Waals surface area contributed by atoms with Crippen LogP contribution in [0.2, 0.25) is 0 Å². The Morgan fingerprint density at radius 2 is 2.11 bits per heavy atom. The van der Waals surface area contributed by atoms with Crippen LogP contribution < -0.4 is 4.72 Å². The van der Waals surface area contributed by atoms with E-state index in [-0.39, 0.29) is 4.90 Å². The van der Waals surface area contributed by atoms with Gasteiger partial charge >= 0.3 is 0 Å². The van der Waals surface area contributed by atoms with Gasteiger partial charge in [-0.2, -0.15) is 0 Å². The number of aryl methyl sites for hydroxylation is 2. The van der Waals surface area contributed by atoms with Crippen LogP contribution in [0.3, 0.4) is 0 Å². The topological polar surface area (TPSA) is 72.0 Å². The summed E-state index contributed by atoms with van der Waals surface area (Å²) in [5, 5.41) is 8.77. The summed E-state index contributed by atoms with van der Waals surface area (Å²) in [6.07, 6.45) is 0.740. The second-order valence-corrected chi connectivity index (χ2v) is 6.52. The largest absolute Gasteiger partial charge is 0.263 e. The maximum Gasteiger partial charge on any atom is 0.263 e. The lowest BCUT2D eigenvalue weighted by Crippen LogP contribution is -2.12. The fourth-order valence-electron chi connectivity index (χ4n) is 1.39. The molecule has 0 bridgehead atoms. The van der Waals surface area contributed by atoms with Gasteiger partial charge < -0.3 is 0 Å². The van der Waals surface area contributed by atoms with Crippen LogP contribution in [0.15, 0.2) is 29.2 Å². The fraction of sp³-hybridized carbons (Fsp3) is 0.273. The Morgan fingerprint density at radius 3 is 2.72 bits per heavy atom. The second-order valence-electron chi connectivity index (χ2n) is 3.78. The summed E-state index contributed by atoms with van der Waals surface area (Å²) in [5.74, 6) is 0. The third-order valence-electron chi connectivity index (χ3n) is 2.29. The SMILES string of the molecule is CCc1nnc(NS(=O)(=O)c2cccc(C)c2)s1. The number of sulfonamides is 1. The molecule has 0 unspecified atom stereocenters. The molecular formula is C11H13N3O2S2. The number of nitrogens with zero attached hydrogens (tertiary/aromatic N) is 2. The third-order valence-corrected chi connectivity index (χ3v) is 4.74. The van der Waals surface area contributed by atoms with E-state index < -0.39 is 10.0 Å². The van der Waals surface area contributed by atoms with Gasteiger partial charge in [0.2, 0.25) is 5.13 Å². The Kier molecular flexibility index (Phi) is 3.63. The molecule has 0 saturated heterocycles. The van der Waals surface area contributed by atoms with Crippen molar-refractivity contribution < 1.29 is 8.42 Å². The molecule has 0 aliphatic carbocycles. The number of nitrogens with one attached hydrogen (secondary N) is 1. The monoisotopic (exact) mass is 283 g/mol. The predicted octanol–water partition coefficient (Wildman–Crippen LogP) is 2.21. The quantitative estimate of drug-likeness (QED) is 0.933. The lowest BCUT2D eigenvalue weighted by Gasteiger charge is -2.04. The predicted molar refractivity (Wildman–Crippen MR) is 71.3 cm³/mol. The first-order valence-corrected chi connectivity index (χ1v) is 7.73. The molecule has 0 amide bonds. The molecule has 96 valence electrons. The Balaban J connectivity index is 2.27. The van der Waals surface area contributed by atoms with Gasteiger partial charge in [-0.05, 0) is 31.0 Å². The molecule has 5 nitrogen and oxygen atoms in total. The van der Waals surface area contributed by atoms with Gasteiger partial charge in [0.05, 0.1) is 4.90 Å². The summed E-state index contributed by atoms with van der Waals surface area (Å²) in [4.78, 5) is 0.232. The standard InChI is InChI=1S/C11H13N3O2S2/c1-3-10-12-13-11(17-10)14-18(15,16)9-6-4-5-8(2)7-9/h4-7H,3H2,1-2H3,(H,13,14). The highest BCUT2D eigenvalue weighted by Gasteiger charge is 2.16. The molecule has 1 heterocycles. The molecule has 0 spiro atoms. The number of hydrogen-bond acceptors (Lipinski definition) is 5. The van der Waals surface area contributed by atoms with Crippen molar-refractivity contribution in [1.29, 1.82) is 0 Å². The first-order chi connectivity index (χ1) is 8.51. The first kappa shape index (κ1) is 13.0. The van der Waals surface area contributed by atoms with Gasteiger partial charge in [0, 0.05) is 0 Å². The highest BCUT2D eigenvalue weighted by atomic mass is 32.2. The Morgan fingerprint density at radius 1 is 1.33 bits per heavy atom.